The third-order valence-corrected chi connectivity index (χ3v) is 4.01. The molecule has 0 aliphatic rings. The standard InChI is InChI=1S/C15H22N2O2S/c1-2-12(13-6-4-3-5-7-13)10-17-15(19)8-9-20-11-14(16)18/h3-7,12H,2,8-11H2,1H3,(H2,16,18)(H,17,19). The number of nitrogens with two attached hydrogens (primary N) is 1. The number of rotatable bonds is 9. The minimum atomic E-state index is -0.342. The molecule has 0 fully saturated rings. The van der Waals surface area contributed by atoms with Crippen LogP contribution < -0.4 is 11.1 Å². The molecule has 0 aliphatic heterocycles. The van der Waals surface area contributed by atoms with E-state index in [9.17, 15) is 9.59 Å². The van der Waals surface area contributed by atoms with Gasteiger partial charge in [-0.15, -0.1) is 0 Å². The Hall–Kier alpha value is -1.49. The largest absolute Gasteiger partial charge is 0.369 e. The van der Waals surface area contributed by atoms with Gasteiger partial charge in [-0.05, 0) is 12.0 Å². The molecule has 0 bridgehead atoms. The highest BCUT2D eigenvalue weighted by atomic mass is 32.2. The second kappa shape index (κ2) is 9.42. The molecule has 1 atom stereocenters. The number of primary amides is 1. The van der Waals surface area contributed by atoms with Crippen molar-refractivity contribution in [2.24, 2.45) is 5.73 Å². The van der Waals surface area contributed by atoms with E-state index in [1.165, 1.54) is 17.3 Å². The maximum atomic E-state index is 11.7. The van der Waals surface area contributed by atoms with Crippen LogP contribution >= 0.6 is 11.8 Å². The van der Waals surface area contributed by atoms with Gasteiger partial charge in [-0.1, -0.05) is 37.3 Å². The molecule has 4 nitrogen and oxygen atoms in total. The second-order valence-corrected chi connectivity index (χ2v) is 5.69. The van der Waals surface area contributed by atoms with Gasteiger partial charge in [0.1, 0.15) is 0 Å². The van der Waals surface area contributed by atoms with E-state index in [2.05, 4.69) is 24.4 Å². The van der Waals surface area contributed by atoms with Crippen LogP contribution in [0.1, 0.15) is 31.2 Å². The van der Waals surface area contributed by atoms with Crippen LogP contribution in [0, 0.1) is 0 Å². The number of thioether (sulfide) groups is 1. The molecule has 1 unspecified atom stereocenters. The van der Waals surface area contributed by atoms with Gasteiger partial charge >= 0.3 is 0 Å². The van der Waals surface area contributed by atoms with Crippen LogP contribution in [-0.4, -0.2) is 29.9 Å². The average Bonchev–Trinajstić information content (AvgIpc) is 2.45. The van der Waals surface area contributed by atoms with Gasteiger partial charge in [0.25, 0.3) is 0 Å². The summed E-state index contributed by atoms with van der Waals surface area (Å²) in [5.41, 5.74) is 6.28. The second-order valence-electron chi connectivity index (χ2n) is 4.59. The van der Waals surface area contributed by atoms with Gasteiger partial charge in [0.2, 0.25) is 11.8 Å². The third-order valence-electron chi connectivity index (χ3n) is 3.03. The third kappa shape index (κ3) is 6.61. The molecule has 110 valence electrons. The Kier molecular flexibility index (Phi) is 7.80. The number of amides is 2. The molecule has 0 saturated carbocycles. The molecular formula is C15H22N2O2S. The summed E-state index contributed by atoms with van der Waals surface area (Å²) in [7, 11) is 0. The Labute approximate surface area is 124 Å². The molecule has 3 N–H and O–H groups in total. The van der Waals surface area contributed by atoms with E-state index in [-0.39, 0.29) is 17.6 Å². The minimum Gasteiger partial charge on any atom is -0.369 e. The zero-order chi connectivity index (χ0) is 14.8. The summed E-state index contributed by atoms with van der Waals surface area (Å²) < 4.78 is 0. The van der Waals surface area contributed by atoms with E-state index >= 15 is 0 Å². The van der Waals surface area contributed by atoms with E-state index < -0.39 is 0 Å². The summed E-state index contributed by atoms with van der Waals surface area (Å²) in [6.07, 6.45) is 1.41. The van der Waals surface area contributed by atoms with Crippen molar-refractivity contribution in [1.29, 1.82) is 0 Å². The number of hydrogen-bond acceptors (Lipinski definition) is 3. The van der Waals surface area contributed by atoms with E-state index in [1.807, 2.05) is 18.2 Å². The van der Waals surface area contributed by atoms with Crippen molar-refractivity contribution in [3.63, 3.8) is 0 Å². The number of nitrogens with one attached hydrogen (secondary N) is 1. The van der Waals surface area contributed by atoms with Gasteiger partial charge in [0.15, 0.2) is 0 Å². The fraction of sp³-hybridized carbons (Fsp3) is 0.467. The summed E-state index contributed by atoms with van der Waals surface area (Å²) in [5.74, 6) is 0.923. The topological polar surface area (TPSA) is 72.2 Å². The molecule has 0 radical (unpaired) electrons. The van der Waals surface area contributed by atoms with Crippen molar-refractivity contribution < 1.29 is 9.59 Å². The smallest absolute Gasteiger partial charge is 0.227 e. The van der Waals surface area contributed by atoms with Gasteiger partial charge in [0, 0.05) is 24.6 Å². The van der Waals surface area contributed by atoms with Crippen molar-refractivity contribution in [3.8, 4) is 0 Å². The van der Waals surface area contributed by atoms with Crippen LogP contribution in [0.5, 0.6) is 0 Å². The maximum absolute atomic E-state index is 11.7. The van der Waals surface area contributed by atoms with Crippen LogP contribution in [0.15, 0.2) is 30.3 Å². The zero-order valence-corrected chi connectivity index (χ0v) is 12.6. The van der Waals surface area contributed by atoms with E-state index in [0.717, 1.165) is 6.42 Å². The highest BCUT2D eigenvalue weighted by Gasteiger charge is 2.10. The highest BCUT2D eigenvalue weighted by Crippen LogP contribution is 2.17. The first-order chi connectivity index (χ1) is 9.63. The van der Waals surface area contributed by atoms with E-state index in [4.69, 9.17) is 5.73 Å². The van der Waals surface area contributed by atoms with Crippen LogP contribution in [0.25, 0.3) is 0 Å². The normalized spacial score (nSPS) is 11.8. The Bertz CT molecular complexity index is 423. The molecule has 1 aromatic carbocycles. The number of carbonyl (C=O) groups excluding carboxylic acids is 2. The molecule has 20 heavy (non-hydrogen) atoms. The lowest BCUT2D eigenvalue weighted by Gasteiger charge is -2.16. The summed E-state index contributed by atoms with van der Waals surface area (Å²) >= 11 is 1.39. The first kappa shape index (κ1) is 16.6. The monoisotopic (exact) mass is 294 g/mol. The first-order valence-electron chi connectivity index (χ1n) is 6.81. The lowest BCUT2D eigenvalue weighted by atomic mass is 9.96. The predicted molar refractivity (Wildman–Crippen MR) is 83.6 cm³/mol. The Balaban J connectivity index is 2.27. The zero-order valence-electron chi connectivity index (χ0n) is 11.8. The van der Waals surface area contributed by atoms with Crippen LogP contribution in [-0.2, 0) is 9.59 Å². The minimum absolute atomic E-state index is 0.0244. The highest BCUT2D eigenvalue weighted by molar-refractivity contribution is 7.99. The molecule has 5 heteroatoms. The van der Waals surface area contributed by atoms with Gasteiger partial charge in [0.05, 0.1) is 5.75 Å². The molecule has 1 aromatic rings. The van der Waals surface area contributed by atoms with Gasteiger partial charge in [-0.3, -0.25) is 9.59 Å². The molecule has 2 amide bonds. The predicted octanol–water partition coefficient (Wildman–Crippen LogP) is 1.90. The van der Waals surface area contributed by atoms with Crippen molar-refractivity contribution >= 4 is 23.6 Å². The summed E-state index contributed by atoms with van der Waals surface area (Å²) in [6, 6.07) is 10.2. The van der Waals surface area contributed by atoms with Gasteiger partial charge in [-0.25, -0.2) is 0 Å². The van der Waals surface area contributed by atoms with Crippen molar-refractivity contribution in [2.45, 2.75) is 25.7 Å². The van der Waals surface area contributed by atoms with Crippen LogP contribution in [0.2, 0.25) is 0 Å². The molecule has 0 spiro atoms. The fourth-order valence-electron chi connectivity index (χ4n) is 1.89. The Morgan fingerprint density at radius 1 is 1.30 bits per heavy atom. The van der Waals surface area contributed by atoms with Crippen molar-refractivity contribution in [2.75, 3.05) is 18.1 Å². The average molecular weight is 294 g/mol. The van der Waals surface area contributed by atoms with Gasteiger partial charge in [-0.2, -0.15) is 11.8 Å². The Morgan fingerprint density at radius 3 is 2.60 bits per heavy atom. The van der Waals surface area contributed by atoms with Crippen molar-refractivity contribution in [1.82, 2.24) is 5.32 Å². The summed E-state index contributed by atoms with van der Waals surface area (Å²) in [4.78, 5) is 22.3. The fourth-order valence-corrected chi connectivity index (χ4v) is 2.56. The molecule has 1 rings (SSSR count). The number of hydrogen-bond donors (Lipinski definition) is 2. The molecule has 0 saturated heterocycles. The van der Waals surface area contributed by atoms with E-state index in [0.29, 0.717) is 24.6 Å². The summed E-state index contributed by atoms with van der Waals surface area (Å²) in [5, 5.41) is 2.95. The maximum Gasteiger partial charge on any atom is 0.227 e. The molecule has 0 aromatic heterocycles. The molecular weight excluding hydrogens is 272 g/mol. The van der Waals surface area contributed by atoms with Gasteiger partial charge < -0.3 is 11.1 Å². The lowest BCUT2D eigenvalue weighted by Crippen LogP contribution is -2.28. The van der Waals surface area contributed by atoms with Crippen molar-refractivity contribution in [3.05, 3.63) is 35.9 Å². The molecule has 0 heterocycles. The Morgan fingerprint density at radius 2 is 2.00 bits per heavy atom. The lowest BCUT2D eigenvalue weighted by molar-refractivity contribution is -0.120. The molecule has 0 aliphatic carbocycles. The SMILES string of the molecule is CCC(CNC(=O)CCSCC(N)=O)c1ccccc1. The van der Waals surface area contributed by atoms with Crippen LogP contribution in [0.4, 0.5) is 0 Å². The van der Waals surface area contributed by atoms with Crippen LogP contribution in [0.3, 0.4) is 0 Å². The number of carbonyl (C=O) groups is 2. The number of benzene rings is 1. The first-order valence-corrected chi connectivity index (χ1v) is 7.96. The summed E-state index contributed by atoms with van der Waals surface area (Å²) in [6.45, 7) is 2.77. The quantitative estimate of drug-likeness (QED) is 0.683. The van der Waals surface area contributed by atoms with E-state index in [1.54, 1.807) is 0 Å².